The van der Waals surface area contributed by atoms with E-state index < -0.39 is 35.8 Å². The fourth-order valence-electron chi connectivity index (χ4n) is 0.428. The summed E-state index contributed by atoms with van der Waals surface area (Å²) in [5, 5.41) is 46.9. The Balaban J connectivity index is -0.00000000980. The fourth-order valence-corrected chi connectivity index (χ4v) is 0.428. The van der Waals surface area contributed by atoms with E-state index in [1.54, 1.807) is 0 Å². The molecule has 0 atom stereocenters. The van der Waals surface area contributed by atoms with E-state index in [-0.39, 0.29) is 217 Å². The summed E-state index contributed by atoms with van der Waals surface area (Å²) >= 11 is 0. The Kier molecular flexibility index (Phi) is 96.2. The molecule has 19 heteroatoms. The van der Waals surface area contributed by atoms with Gasteiger partial charge >= 0.3 is 243 Å². The average molecular weight is 516 g/mol. The number of aliphatic carboxylic acids is 6. The second-order valence-corrected chi connectivity index (χ2v) is 3.03. The molecule has 0 radical (unpaired) electrons. The zero-order valence-corrected chi connectivity index (χ0v) is 32.6. The third-order valence-electron chi connectivity index (χ3n) is 1.11. The van der Waals surface area contributed by atoms with Gasteiger partial charge in [-0.05, 0) is 0 Å². The summed E-state index contributed by atoms with van der Waals surface area (Å²) in [5.41, 5.74) is 0. The monoisotopic (exact) mass is 516 g/mol. The van der Waals surface area contributed by atoms with Crippen molar-refractivity contribution in [1.29, 1.82) is 0 Å². The molecule has 6 N–H and O–H groups in total. The molecular weight excluding hydrogens is 497 g/mol. The van der Waals surface area contributed by atoms with Gasteiger partial charge in [-0.1, -0.05) is 0 Å². The van der Waals surface area contributed by atoms with Crippen LogP contribution in [0.4, 0.5) is 0 Å². The molecule has 0 heterocycles. The molecule has 0 saturated carbocycles. The van der Waals surface area contributed by atoms with Gasteiger partial charge in [-0.2, -0.15) is 0 Å². The van der Waals surface area contributed by atoms with E-state index in [1.807, 2.05) is 0 Å². The van der Waals surface area contributed by atoms with Gasteiger partial charge in [0.25, 0.3) is 0 Å². The first kappa shape index (κ1) is 64.3. The van der Waals surface area contributed by atoms with E-state index in [0.717, 1.165) is 0 Å². The Labute approximate surface area is 342 Å². The molecule has 0 bridgehead atoms. The Morgan fingerprint density at radius 3 is 0.419 bits per heavy atom. The average Bonchev–Trinajstić information content (AvgIpc) is 2.42. The maximum Gasteiger partial charge on any atom is 1.00 e. The molecule has 0 amide bonds. The van der Waals surface area contributed by atoms with Gasteiger partial charge in [0.1, 0.15) is 0 Å². The summed E-state index contributed by atoms with van der Waals surface area (Å²) in [7, 11) is 0. The summed E-state index contributed by atoms with van der Waals surface area (Å²) in [6, 6.07) is 0. The van der Waals surface area contributed by atoms with E-state index in [9.17, 15) is 28.8 Å². The largest absolute Gasteiger partial charge is 1.00 e. The SMILES string of the molecule is O=C(O)/C=C\C(=O)O.O=C(O)/C=C\C(=O)O.O=C(O)/C=C\C(=O)O.[H-].[H-].[H-].[H-].[H-].[H-].[H-].[Na+].[Na+].[Na+].[Na+].[Na+].[Na+].[Na+]. The summed E-state index contributed by atoms with van der Waals surface area (Å²) in [4.78, 5) is 57.3. The van der Waals surface area contributed by atoms with Crippen molar-refractivity contribution < 1.29 is 276 Å². The van der Waals surface area contributed by atoms with E-state index in [1.165, 1.54) is 0 Å². The Morgan fingerprint density at radius 2 is 0.387 bits per heavy atom. The fraction of sp³-hybridized carbons (Fsp3) is 0. The number of rotatable bonds is 6. The second kappa shape index (κ2) is 46.4. The molecule has 0 rings (SSSR count). The Bertz CT molecular complexity index is 488. The van der Waals surface area contributed by atoms with Crippen molar-refractivity contribution in [2.45, 2.75) is 0 Å². The first-order valence-electron chi connectivity index (χ1n) is 5.30. The van der Waals surface area contributed by atoms with Gasteiger partial charge in [0.05, 0.1) is 0 Å². The minimum Gasteiger partial charge on any atom is -1.00 e. The van der Waals surface area contributed by atoms with Gasteiger partial charge in [0.15, 0.2) is 0 Å². The predicted octanol–water partition coefficient (Wildman–Crippen LogP) is -21.0. The smallest absolute Gasteiger partial charge is 1.00 e. The predicted molar refractivity (Wildman–Crippen MR) is 81.0 cm³/mol. The summed E-state index contributed by atoms with van der Waals surface area (Å²) in [6.45, 7) is 0. The number of carboxylic acid groups (broad SMARTS) is 6. The Morgan fingerprint density at radius 1 is 0.323 bits per heavy atom. The van der Waals surface area contributed by atoms with Crippen molar-refractivity contribution in [2.75, 3.05) is 0 Å². The van der Waals surface area contributed by atoms with Crippen molar-refractivity contribution in [3.8, 4) is 0 Å². The van der Waals surface area contributed by atoms with E-state index in [2.05, 4.69) is 0 Å². The molecule has 0 unspecified atom stereocenters. The van der Waals surface area contributed by atoms with E-state index >= 15 is 0 Å². The van der Waals surface area contributed by atoms with Crippen molar-refractivity contribution in [3.05, 3.63) is 36.5 Å². The molecule has 12 nitrogen and oxygen atoms in total. The molecule has 0 aliphatic carbocycles. The van der Waals surface area contributed by atoms with Crippen LogP contribution < -0.4 is 207 Å². The molecule has 0 aliphatic heterocycles. The number of hydrogen-bond donors (Lipinski definition) is 6. The third kappa shape index (κ3) is 97.8. The van der Waals surface area contributed by atoms with Crippen LogP contribution in [0, 0.1) is 0 Å². The minimum absolute atomic E-state index is 0. The number of carboxylic acids is 6. The summed E-state index contributed by atoms with van der Waals surface area (Å²) in [6.07, 6.45) is 3.35. The summed E-state index contributed by atoms with van der Waals surface area (Å²) < 4.78 is 0. The molecule has 146 valence electrons. The van der Waals surface area contributed by atoms with Gasteiger partial charge in [0, 0.05) is 36.5 Å². The van der Waals surface area contributed by atoms with Crippen LogP contribution >= 0.6 is 0 Å². The molecule has 0 saturated heterocycles. The molecule has 0 aromatic rings. The maximum atomic E-state index is 9.55. The standard InChI is InChI=1S/3C4H4O4.7Na.7H/c3*5-3(6)1-2-4(7)8;;;;;;;;;;;;;;/h3*1-2H,(H,5,6)(H,7,8);;;;;;;;;;;;;;/q;;;7*+1;7*-1/b3*2-1-;;;;;;;;;;;;;;. The maximum absolute atomic E-state index is 9.55. The van der Waals surface area contributed by atoms with Crippen molar-refractivity contribution in [2.24, 2.45) is 0 Å². The molecule has 0 aromatic carbocycles. The topological polar surface area (TPSA) is 224 Å². The van der Waals surface area contributed by atoms with Crippen LogP contribution in [0.25, 0.3) is 0 Å². The molecule has 0 spiro atoms. The molecule has 0 aliphatic rings. The van der Waals surface area contributed by atoms with Gasteiger partial charge in [-0.15, -0.1) is 0 Å². The van der Waals surface area contributed by atoms with Crippen LogP contribution in [0.5, 0.6) is 0 Å². The van der Waals surface area contributed by atoms with Crippen LogP contribution in [0.15, 0.2) is 36.5 Å². The first-order valence-corrected chi connectivity index (χ1v) is 5.30. The summed E-state index contributed by atoms with van der Waals surface area (Å²) in [5.74, 6) is -7.54. The van der Waals surface area contributed by atoms with Crippen LogP contribution in [-0.2, 0) is 28.8 Å². The molecule has 0 aromatic heterocycles. The quantitative estimate of drug-likeness (QED) is 0.143. The van der Waals surface area contributed by atoms with Crippen LogP contribution in [0.2, 0.25) is 0 Å². The first-order chi connectivity index (χ1) is 10.9. The van der Waals surface area contributed by atoms with Gasteiger partial charge < -0.3 is 40.6 Å². The van der Waals surface area contributed by atoms with Crippen LogP contribution in [-0.4, -0.2) is 66.5 Å². The molecule has 0 fully saturated rings. The van der Waals surface area contributed by atoms with Crippen LogP contribution in [0.1, 0.15) is 9.99 Å². The molecule has 31 heavy (non-hydrogen) atoms. The number of hydrogen-bond acceptors (Lipinski definition) is 6. The van der Waals surface area contributed by atoms with E-state index in [0.29, 0.717) is 36.5 Å². The minimum atomic E-state index is -1.26. The van der Waals surface area contributed by atoms with Gasteiger partial charge in [0.2, 0.25) is 0 Å². The Hall–Kier alpha value is 3.04. The van der Waals surface area contributed by atoms with Crippen LogP contribution in [0.3, 0.4) is 0 Å². The molecular formula is C12H19Na7O12. The third-order valence-corrected chi connectivity index (χ3v) is 1.11. The van der Waals surface area contributed by atoms with Crippen molar-refractivity contribution in [1.82, 2.24) is 0 Å². The van der Waals surface area contributed by atoms with E-state index in [4.69, 9.17) is 30.6 Å². The zero-order valence-electron chi connectivity index (χ0n) is 25.6. The van der Waals surface area contributed by atoms with Gasteiger partial charge in [-0.25, -0.2) is 28.8 Å². The van der Waals surface area contributed by atoms with Crippen molar-refractivity contribution in [3.63, 3.8) is 0 Å². The zero-order chi connectivity index (χ0) is 19.7. The van der Waals surface area contributed by atoms with Crippen molar-refractivity contribution >= 4 is 35.8 Å². The number of carbonyl (C=O) groups is 6. The normalized spacial score (nSPS) is 7.35. The van der Waals surface area contributed by atoms with Gasteiger partial charge in [-0.3, -0.25) is 0 Å². The second-order valence-electron chi connectivity index (χ2n) is 3.03.